The van der Waals surface area contributed by atoms with Crippen LogP contribution < -0.4 is 4.67 Å². The lowest BCUT2D eigenvalue weighted by Gasteiger charge is -2.25. The van der Waals surface area contributed by atoms with Crippen LogP contribution in [0, 0.1) is 0 Å². The van der Waals surface area contributed by atoms with Gasteiger partial charge in [0.1, 0.15) is 11.2 Å². The van der Waals surface area contributed by atoms with Crippen molar-refractivity contribution in [2.45, 2.75) is 13.0 Å². The molecule has 0 unspecified atom stereocenters. The van der Waals surface area contributed by atoms with E-state index in [1.165, 1.54) is 32.7 Å². The molecule has 1 aliphatic heterocycles. The third-order valence-corrected chi connectivity index (χ3v) is 8.23. The van der Waals surface area contributed by atoms with Gasteiger partial charge in [0.25, 0.3) is 0 Å². The Kier molecular flexibility index (Phi) is 4.33. The summed E-state index contributed by atoms with van der Waals surface area (Å²) in [5.74, 6) is 0. The highest BCUT2D eigenvalue weighted by atomic mass is 31.1. The van der Waals surface area contributed by atoms with Gasteiger partial charge in [-0.15, -0.1) is 0 Å². The van der Waals surface area contributed by atoms with Crippen LogP contribution in [0.1, 0.15) is 11.1 Å². The van der Waals surface area contributed by atoms with Gasteiger partial charge in [0, 0.05) is 23.9 Å². The molecular formula is C29H22NO2P. The minimum Gasteiger partial charge on any atom is -0.408 e. The van der Waals surface area contributed by atoms with Crippen molar-refractivity contribution in [3.8, 4) is 0 Å². The fourth-order valence-corrected chi connectivity index (χ4v) is 6.53. The smallest absolute Gasteiger partial charge is 0.309 e. The van der Waals surface area contributed by atoms with Crippen LogP contribution in [0.4, 0.5) is 0 Å². The summed E-state index contributed by atoms with van der Waals surface area (Å²) < 4.78 is 15.8. The summed E-state index contributed by atoms with van der Waals surface area (Å²) in [7, 11) is -1.29. The Morgan fingerprint density at radius 3 is 1.76 bits per heavy atom. The van der Waals surface area contributed by atoms with Gasteiger partial charge in [0.15, 0.2) is 0 Å². The number of fused-ring (bicyclic) bond motifs is 8. The molecule has 33 heavy (non-hydrogen) atoms. The van der Waals surface area contributed by atoms with Crippen molar-refractivity contribution in [3.05, 3.63) is 108 Å². The second kappa shape index (κ2) is 7.52. The maximum absolute atomic E-state index is 6.72. The molecule has 5 aromatic carbocycles. The van der Waals surface area contributed by atoms with Crippen LogP contribution >= 0.6 is 8.16 Å². The number of rotatable bonds is 1. The van der Waals surface area contributed by atoms with Gasteiger partial charge in [-0.3, -0.25) is 0 Å². The molecule has 0 spiro atoms. The third kappa shape index (κ3) is 3.08. The van der Waals surface area contributed by atoms with Gasteiger partial charge in [-0.1, -0.05) is 84.9 Å². The monoisotopic (exact) mass is 447 g/mol. The molecule has 0 aliphatic carbocycles. The zero-order valence-electron chi connectivity index (χ0n) is 18.1. The first-order chi connectivity index (χ1) is 16.3. The summed E-state index contributed by atoms with van der Waals surface area (Å²) in [5, 5.41) is 7.05. The van der Waals surface area contributed by atoms with E-state index in [1.807, 2.05) is 0 Å². The molecule has 0 atom stereocenters. The van der Waals surface area contributed by atoms with Gasteiger partial charge < -0.3 is 8.39 Å². The molecule has 1 aliphatic rings. The van der Waals surface area contributed by atoms with E-state index < -0.39 is 8.16 Å². The van der Waals surface area contributed by atoms with E-state index >= 15 is 0 Å². The molecule has 0 amide bonds. The van der Waals surface area contributed by atoms with Crippen molar-refractivity contribution in [1.29, 1.82) is 0 Å². The molecule has 6 aromatic rings. The van der Waals surface area contributed by atoms with Crippen LogP contribution in [0.15, 0.2) is 105 Å². The number of benzene rings is 5. The lowest BCUT2D eigenvalue weighted by atomic mass is 9.99. The van der Waals surface area contributed by atoms with E-state index in [2.05, 4.69) is 102 Å². The van der Waals surface area contributed by atoms with Gasteiger partial charge in [0.2, 0.25) is 0 Å². The van der Waals surface area contributed by atoms with Crippen molar-refractivity contribution >= 4 is 51.6 Å². The molecule has 0 radical (unpaired) electrons. The summed E-state index contributed by atoms with van der Waals surface area (Å²) in [5.41, 5.74) is 4.58. The average molecular weight is 447 g/mol. The quantitative estimate of drug-likeness (QED) is 0.254. The third-order valence-electron chi connectivity index (χ3n) is 6.73. The summed E-state index contributed by atoms with van der Waals surface area (Å²) in [6, 6.07) is 34.3. The summed E-state index contributed by atoms with van der Waals surface area (Å²) >= 11 is 0. The van der Waals surface area contributed by atoms with Gasteiger partial charge in [-0.2, -0.15) is 4.67 Å². The minimum absolute atomic E-state index is 0.841. The molecule has 0 saturated carbocycles. The molecule has 0 bridgehead atoms. The van der Waals surface area contributed by atoms with Crippen LogP contribution in [-0.4, -0.2) is 6.54 Å². The molecule has 0 saturated heterocycles. The van der Waals surface area contributed by atoms with Crippen molar-refractivity contribution in [2.75, 3.05) is 11.2 Å². The predicted octanol–water partition coefficient (Wildman–Crippen LogP) is 8.29. The molecule has 2 heterocycles. The lowest BCUT2D eigenvalue weighted by molar-refractivity contribution is 0.611. The predicted molar refractivity (Wildman–Crippen MR) is 138 cm³/mol. The molecule has 1 aromatic heterocycles. The Balaban J connectivity index is 1.59. The van der Waals surface area contributed by atoms with Crippen LogP contribution in [-0.2, 0) is 13.0 Å². The first-order valence-corrected chi connectivity index (χ1v) is 12.5. The highest BCUT2D eigenvalue weighted by molar-refractivity contribution is 7.38. The zero-order chi connectivity index (χ0) is 21.8. The van der Waals surface area contributed by atoms with Gasteiger partial charge in [-0.25, -0.2) is 0 Å². The Hall–Kier alpha value is -3.52. The van der Waals surface area contributed by atoms with E-state index in [4.69, 9.17) is 8.39 Å². The molecular weight excluding hydrogens is 425 g/mol. The second-order valence-corrected chi connectivity index (χ2v) is 10.1. The molecule has 160 valence electrons. The number of hydrogen-bond donors (Lipinski definition) is 0. The molecule has 7 rings (SSSR count). The summed E-state index contributed by atoms with van der Waals surface area (Å²) in [4.78, 5) is 0. The fraction of sp³-hybridized carbons (Fsp3) is 0.103. The maximum Gasteiger partial charge on any atom is 0.309 e. The van der Waals surface area contributed by atoms with E-state index in [0.29, 0.717) is 0 Å². The average Bonchev–Trinajstić information content (AvgIpc) is 3.06. The lowest BCUT2D eigenvalue weighted by Crippen LogP contribution is -2.27. The maximum atomic E-state index is 6.72. The fourth-order valence-electron chi connectivity index (χ4n) is 5.09. The zero-order valence-corrected chi connectivity index (χ0v) is 19.0. The Morgan fingerprint density at radius 2 is 1.12 bits per heavy atom. The summed E-state index contributed by atoms with van der Waals surface area (Å²) in [6.07, 6.45) is 1.01. The SMILES string of the molecule is c1ccc2c(c1)CCN(p1oc3ccc4ccccc4c3c3c(ccc4ccccc43)o1)C2. The standard InChI is InChI=1S/C29H22NO2P/c1-2-10-23-19-30(18-17-20(23)7-1)33-31-26-15-13-21-8-3-5-11-24(21)28(26)29-25-12-6-4-9-22(25)14-16-27(29)32-33/h1-16H,17-19H2. The van der Waals surface area contributed by atoms with Gasteiger partial charge in [0.05, 0.1) is 0 Å². The van der Waals surface area contributed by atoms with Crippen molar-refractivity contribution in [2.24, 2.45) is 0 Å². The van der Waals surface area contributed by atoms with Crippen LogP contribution in [0.3, 0.4) is 0 Å². The van der Waals surface area contributed by atoms with Crippen molar-refractivity contribution in [1.82, 2.24) is 0 Å². The Morgan fingerprint density at radius 1 is 0.576 bits per heavy atom. The normalized spacial score (nSPS) is 14.2. The van der Waals surface area contributed by atoms with Crippen LogP contribution in [0.25, 0.3) is 43.5 Å². The topological polar surface area (TPSA) is 29.5 Å². The minimum atomic E-state index is -1.29. The molecule has 0 N–H and O–H groups in total. The molecule has 3 nitrogen and oxygen atoms in total. The Bertz CT molecular complexity index is 1620. The summed E-state index contributed by atoms with van der Waals surface area (Å²) in [6.45, 7) is 1.77. The van der Waals surface area contributed by atoms with Crippen LogP contribution in [0.5, 0.6) is 0 Å². The molecule has 4 heteroatoms. The van der Waals surface area contributed by atoms with Crippen molar-refractivity contribution < 1.29 is 8.39 Å². The second-order valence-electron chi connectivity index (χ2n) is 8.65. The van der Waals surface area contributed by atoms with E-state index in [-0.39, 0.29) is 0 Å². The largest absolute Gasteiger partial charge is 0.408 e. The molecule has 0 fully saturated rings. The van der Waals surface area contributed by atoms with Gasteiger partial charge >= 0.3 is 8.16 Å². The van der Waals surface area contributed by atoms with Gasteiger partial charge in [-0.05, 0) is 51.2 Å². The first-order valence-electron chi connectivity index (χ1n) is 11.4. The van der Waals surface area contributed by atoms with E-state index in [1.54, 1.807) is 0 Å². The Labute approximate surface area is 192 Å². The van der Waals surface area contributed by atoms with Crippen LogP contribution in [0.2, 0.25) is 0 Å². The number of nitrogens with zero attached hydrogens (tertiary/aromatic N) is 1. The number of hydrogen-bond acceptors (Lipinski definition) is 3. The van der Waals surface area contributed by atoms with Crippen molar-refractivity contribution in [3.63, 3.8) is 0 Å². The highest BCUT2D eigenvalue weighted by Gasteiger charge is 2.22. The highest BCUT2D eigenvalue weighted by Crippen LogP contribution is 2.43. The van der Waals surface area contributed by atoms with E-state index in [0.717, 1.165) is 41.4 Å². The van der Waals surface area contributed by atoms with E-state index in [9.17, 15) is 0 Å². The first kappa shape index (κ1) is 19.0.